The van der Waals surface area contributed by atoms with Gasteiger partial charge in [0.05, 0.1) is 10.2 Å². The standard InChI is InChI=1S/C20H21FN4OS/c1-5-12(3)24-25-20-22-16-10-11(2)17(13(4)18(16)27-20)23-19(26)14-6-8-15(21)9-7-14/h6-10H,5H2,1-4H3,(H,22,25)(H,23,26)/b24-12-. The lowest BCUT2D eigenvalue weighted by atomic mass is 10.1. The summed E-state index contributed by atoms with van der Waals surface area (Å²) in [5, 5.41) is 7.95. The van der Waals surface area contributed by atoms with Crippen LogP contribution in [0.4, 0.5) is 15.2 Å². The first kappa shape index (κ1) is 19.0. The predicted octanol–water partition coefficient (Wildman–Crippen LogP) is 5.50. The summed E-state index contributed by atoms with van der Waals surface area (Å²) in [4.78, 5) is 17.1. The predicted molar refractivity (Wildman–Crippen MR) is 110 cm³/mol. The van der Waals surface area contributed by atoms with Gasteiger partial charge in [0.15, 0.2) is 0 Å². The van der Waals surface area contributed by atoms with Gasteiger partial charge in [-0.1, -0.05) is 18.3 Å². The fourth-order valence-electron chi connectivity index (χ4n) is 2.63. The van der Waals surface area contributed by atoms with Gasteiger partial charge in [0.25, 0.3) is 5.91 Å². The van der Waals surface area contributed by atoms with E-state index in [0.717, 1.165) is 39.2 Å². The van der Waals surface area contributed by atoms with E-state index in [2.05, 4.69) is 20.8 Å². The van der Waals surface area contributed by atoms with Gasteiger partial charge in [0, 0.05) is 17.0 Å². The number of thiazole rings is 1. The van der Waals surface area contributed by atoms with E-state index in [1.807, 2.05) is 33.8 Å². The number of anilines is 2. The number of carbonyl (C=O) groups excluding carboxylic acids is 1. The first-order chi connectivity index (χ1) is 12.9. The summed E-state index contributed by atoms with van der Waals surface area (Å²) in [6.07, 6.45) is 0.871. The van der Waals surface area contributed by atoms with Crippen LogP contribution in [-0.2, 0) is 0 Å². The van der Waals surface area contributed by atoms with Crippen LogP contribution < -0.4 is 10.7 Å². The highest BCUT2D eigenvalue weighted by Crippen LogP contribution is 2.35. The Labute approximate surface area is 161 Å². The number of fused-ring (bicyclic) bond motifs is 1. The molecule has 5 nitrogen and oxygen atoms in total. The van der Waals surface area contributed by atoms with E-state index in [1.165, 1.54) is 35.6 Å². The molecule has 3 rings (SSSR count). The second-order valence-corrected chi connectivity index (χ2v) is 7.33. The minimum Gasteiger partial charge on any atom is -0.321 e. The van der Waals surface area contributed by atoms with E-state index in [9.17, 15) is 9.18 Å². The van der Waals surface area contributed by atoms with Crippen molar-refractivity contribution < 1.29 is 9.18 Å². The van der Waals surface area contributed by atoms with Crippen LogP contribution in [0.2, 0.25) is 0 Å². The highest BCUT2D eigenvalue weighted by molar-refractivity contribution is 7.22. The van der Waals surface area contributed by atoms with Gasteiger partial charge in [-0.2, -0.15) is 5.10 Å². The molecule has 0 radical (unpaired) electrons. The Morgan fingerprint density at radius 1 is 1.26 bits per heavy atom. The number of hydrazone groups is 1. The number of aryl methyl sites for hydroxylation is 2. The minimum absolute atomic E-state index is 0.272. The Kier molecular flexibility index (Phi) is 5.51. The third-order valence-corrected chi connectivity index (χ3v) is 5.41. The molecule has 7 heteroatoms. The monoisotopic (exact) mass is 384 g/mol. The zero-order chi connectivity index (χ0) is 19.6. The molecule has 27 heavy (non-hydrogen) atoms. The highest BCUT2D eigenvalue weighted by atomic mass is 32.1. The molecule has 2 aromatic carbocycles. The van der Waals surface area contributed by atoms with E-state index < -0.39 is 0 Å². The lowest BCUT2D eigenvalue weighted by molar-refractivity contribution is 0.102. The SMILES string of the molecule is CC/C(C)=N\Nc1nc2cc(C)c(NC(=O)c3ccc(F)cc3)c(C)c2s1. The quantitative estimate of drug-likeness (QED) is 0.451. The number of carbonyl (C=O) groups is 1. The summed E-state index contributed by atoms with van der Waals surface area (Å²) < 4.78 is 14.1. The summed E-state index contributed by atoms with van der Waals surface area (Å²) in [5.41, 5.74) is 7.88. The molecule has 1 heterocycles. The fourth-order valence-corrected chi connectivity index (χ4v) is 3.53. The number of hydrogen-bond acceptors (Lipinski definition) is 5. The number of amides is 1. The average molecular weight is 384 g/mol. The molecular formula is C20H21FN4OS. The Bertz CT molecular complexity index is 1020. The largest absolute Gasteiger partial charge is 0.321 e. The van der Waals surface area contributed by atoms with Gasteiger partial charge in [0.1, 0.15) is 5.82 Å². The second-order valence-electron chi connectivity index (χ2n) is 6.33. The topological polar surface area (TPSA) is 66.4 Å². The smallest absolute Gasteiger partial charge is 0.255 e. The third-order valence-electron chi connectivity index (χ3n) is 4.32. The third kappa shape index (κ3) is 4.14. The Morgan fingerprint density at radius 2 is 1.96 bits per heavy atom. The van der Waals surface area contributed by atoms with Gasteiger partial charge in [-0.05, 0) is 68.7 Å². The summed E-state index contributed by atoms with van der Waals surface area (Å²) >= 11 is 1.49. The van der Waals surface area contributed by atoms with Crippen LogP contribution in [0.5, 0.6) is 0 Å². The maximum Gasteiger partial charge on any atom is 0.255 e. The van der Waals surface area contributed by atoms with Crippen LogP contribution in [-0.4, -0.2) is 16.6 Å². The molecule has 1 amide bonds. The van der Waals surface area contributed by atoms with Gasteiger partial charge in [-0.15, -0.1) is 0 Å². The first-order valence-electron chi connectivity index (χ1n) is 8.66. The summed E-state index contributed by atoms with van der Waals surface area (Å²) in [6.45, 7) is 7.89. The van der Waals surface area contributed by atoms with Crippen LogP contribution in [0.1, 0.15) is 41.8 Å². The molecular weight excluding hydrogens is 363 g/mol. The normalized spacial score (nSPS) is 11.7. The van der Waals surface area contributed by atoms with E-state index in [1.54, 1.807) is 0 Å². The van der Waals surface area contributed by atoms with E-state index >= 15 is 0 Å². The number of hydrogen-bond donors (Lipinski definition) is 2. The van der Waals surface area contributed by atoms with Crippen molar-refractivity contribution >= 4 is 44.0 Å². The maximum absolute atomic E-state index is 13.1. The lowest BCUT2D eigenvalue weighted by Gasteiger charge is -2.12. The van der Waals surface area contributed by atoms with Crippen LogP contribution in [0.25, 0.3) is 10.2 Å². The van der Waals surface area contributed by atoms with Crippen LogP contribution >= 0.6 is 11.3 Å². The van der Waals surface area contributed by atoms with Crippen molar-refractivity contribution in [3.8, 4) is 0 Å². The molecule has 0 unspecified atom stereocenters. The Balaban J connectivity index is 1.91. The zero-order valence-corrected chi connectivity index (χ0v) is 16.5. The Morgan fingerprint density at radius 3 is 2.63 bits per heavy atom. The van der Waals surface area contributed by atoms with Crippen LogP contribution in [0.3, 0.4) is 0 Å². The first-order valence-corrected chi connectivity index (χ1v) is 9.47. The molecule has 140 valence electrons. The number of benzene rings is 2. The number of nitrogens with one attached hydrogen (secondary N) is 2. The van der Waals surface area contributed by atoms with Crippen molar-refractivity contribution in [3.63, 3.8) is 0 Å². The van der Waals surface area contributed by atoms with Crippen LogP contribution in [0, 0.1) is 19.7 Å². The summed E-state index contributed by atoms with van der Waals surface area (Å²) in [7, 11) is 0. The number of aromatic nitrogens is 1. The van der Waals surface area contributed by atoms with E-state index in [-0.39, 0.29) is 11.7 Å². The molecule has 3 aromatic rings. The summed E-state index contributed by atoms with van der Waals surface area (Å²) in [6, 6.07) is 7.43. The van der Waals surface area contributed by atoms with Crippen molar-refractivity contribution in [2.24, 2.45) is 5.10 Å². The molecule has 2 N–H and O–H groups in total. The molecule has 0 spiro atoms. The highest BCUT2D eigenvalue weighted by Gasteiger charge is 2.15. The number of halogens is 1. The van der Waals surface area contributed by atoms with Gasteiger partial charge in [-0.3, -0.25) is 10.2 Å². The molecule has 0 atom stereocenters. The van der Waals surface area contributed by atoms with Gasteiger partial charge in [0.2, 0.25) is 5.13 Å². The molecule has 0 aliphatic carbocycles. The van der Waals surface area contributed by atoms with Crippen molar-refractivity contribution in [1.82, 2.24) is 4.98 Å². The molecule has 0 fully saturated rings. The van der Waals surface area contributed by atoms with E-state index in [4.69, 9.17) is 0 Å². The molecule has 0 bridgehead atoms. The molecule has 0 aliphatic rings. The zero-order valence-electron chi connectivity index (χ0n) is 15.7. The van der Waals surface area contributed by atoms with E-state index in [0.29, 0.717) is 10.7 Å². The minimum atomic E-state index is -0.369. The Hall–Kier alpha value is -2.80. The maximum atomic E-state index is 13.1. The average Bonchev–Trinajstić information content (AvgIpc) is 3.06. The van der Waals surface area contributed by atoms with Crippen molar-refractivity contribution in [1.29, 1.82) is 0 Å². The lowest BCUT2D eigenvalue weighted by Crippen LogP contribution is -2.13. The fraction of sp³-hybridized carbons (Fsp3) is 0.250. The molecule has 1 aromatic heterocycles. The van der Waals surface area contributed by atoms with Crippen molar-refractivity contribution in [3.05, 3.63) is 52.8 Å². The molecule has 0 saturated carbocycles. The van der Waals surface area contributed by atoms with Crippen molar-refractivity contribution in [2.45, 2.75) is 34.1 Å². The van der Waals surface area contributed by atoms with Crippen LogP contribution in [0.15, 0.2) is 35.4 Å². The second kappa shape index (κ2) is 7.84. The number of nitrogens with zero attached hydrogens (tertiary/aromatic N) is 2. The summed E-state index contributed by atoms with van der Waals surface area (Å²) in [5.74, 6) is -0.641. The van der Waals surface area contributed by atoms with Gasteiger partial charge >= 0.3 is 0 Å². The van der Waals surface area contributed by atoms with Gasteiger partial charge in [-0.25, -0.2) is 9.37 Å². The van der Waals surface area contributed by atoms with Crippen molar-refractivity contribution in [2.75, 3.05) is 10.7 Å². The number of rotatable bonds is 5. The molecule has 0 saturated heterocycles. The van der Waals surface area contributed by atoms with Gasteiger partial charge < -0.3 is 5.32 Å². The molecule has 0 aliphatic heterocycles.